The highest BCUT2D eigenvalue weighted by Gasteiger charge is 2.76. The summed E-state index contributed by atoms with van der Waals surface area (Å²) in [5.41, 5.74) is 3.22. The maximum atomic E-state index is 12.3. The molecule has 9 nitrogen and oxygen atoms in total. The largest absolute Gasteiger partial charge is 0.442 e. The molecule has 9 heteroatoms. The summed E-state index contributed by atoms with van der Waals surface area (Å²) >= 11 is 0. The van der Waals surface area contributed by atoms with E-state index in [1.54, 1.807) is 22.0 Å². The molecule has 4 atom stereocenters. The van der Waals surface area contributed by atoms with Crippen LogP contribution in [0.3, 0.4) is 0 Å². The topological polar surface area (TPSA) is 89.5 Å². The van der Waals surface area contributed by atoms with Crippen LogP contribution in [0, 0.1) is 18.4 Å². The minimum Gasteiger partial charge on any atom is -0.442 e. The average molecular weight is 427 g/mol. The fourth-order valence-electron chi connectivity index (χ4n) is 5.12. The molecule has 1 N–H and O–H groups in total. The van der Waals surface area contributed by atoms with Gasteiger partial charge in [0.2, 0.25) is 0 Å². The predicted molar refractivity (Wildman–Crippen MR) is 115 cm³/mol. The van der Waals surface area contributed by atoms with Gasteiger partial charge in [-0.15, -0.1) is 5.10 Å². The van der Waals surface area contributed by atoms with Crippen molar-refractivity contribution >= 4 is 11.8 Å². The van der Waals surface area contributed by atoms with E-state index < -0.39 is 5.54 Å². The van der Waals surface area contributed by atoms with Crippen LogP contribution in [-0.4, -0.2) is 51.8 Å². The normalized spacial score (nSPS) is 28.3. The fourth-order valence-corrected chi connectivity index (χ4v) is 5.12. The number of hydrogen-bond acceptors (Lipinski definition) is 6. The van der Waals surface area contributed by atoms with Crippen molar-refractivity contribution in [3.63, 3.8) is 0 Å². The first-order valence-electron chi connectivity index (χ1n) is 10.7. The van der Waals surface area contributed by atoms with Gasteiger partial charge >= 0.3 is 6.09 Å². The van der Waals surface area contributed by atoms with E-state index in [0.717, 1.165) is 35.6 Å². The molecule has 32 heavy (non-hydrogen) atoms. The van der Waals surface area contributed by atoms with E-state index in [0.29, 0.717) is 24.9 Å². The van der Waals surface area contributed by atoms with E-state index in [1.165, 1.54) is 0 Å². The Hall–Kier alpha value is -3.77. The van der Waals surface area contributed by atoms with E-state index in [1.807, 2.05) is 42.6 Å². The highest BCUT2D eigenvalue weighted by molar-refractivity contribution is 5.90. The van der Waals surface area contributed by atoms with Crippen molar-refractivity contribution in [2.45, 2.75) is 18.2 Å². The summed E-state index contributed by atoms with van der Waals surface area (Å²) in [7, 11) is 0. The van der Waals surface area contributed by atoms with Gasteiger partial charge in [-0.3, -0.25) is 9.88 Å². The van der Waals surface area contributed by atoms with Crippen LogP contribution in [0.1, 0.15) is 5.69 Å². The lowest BCUT2D eigenvalue weighted by atomic mass is 10.0. The Labute approximate surface area is 184 Å². The number of ether oxygens (including phenoxy) is 1. The van der Waals surface area contributed by atoms with Crippen LogP contribution in [-0.2, 0) is 16.8 Å². The third kappa shape index (κ3) is 2.87. The number of pyridine rings is 1. The maximum Gasteiger partial charge on any atom is 0.414 e. The highest BCUT2D eigenvalue weighted by Crippen LogP contribution is 2.62. The molecule has 1 aromatic carbocycles. The Balaban J connectivity index is 1.16. The maximum absolute atomic E-state index is 12.3. The van der Waals surface area contributed by atoms with Gasteiger partial charge in [0.1, 0.15) is 11.8 Å². The number of aromatic nitrogens is 4. The van der Waals surface area contributed by atoms with Crippen molar-refractivity contribution in [2.75, 3.05) is 24.5 Å². The monoisotopic (exact) mass is 427 g/mol. The molecule has 1 aliphatic carbocycles. The lowest BCUT2D eigenvalue weighted by Gasteiger charge is -2.14. The lowest BCUT2D eigenvalue weighted by molar-refractivity contribution is 0.129. The van der Waals surface area contributed by atoms with Crippen LogP contribution in [0.25, 0.3) is 16.0 Å². The van der Waals surface area contributed by atoms with Crippen LogP contribution in [0.2, 0.25) is 0 Å². The van der Waals surface area contributed by atoms with Gasteiger partial charge in [0.05, 0.1) is 31.1 Å². The molecule has 160 valence electrons. The Bertz CT molecular complexity index is 1170. The molecule has 0 radical (unpaired) electrons. The second-order valence-corrected chi connectivity index (χ2v) is 8.53. The number of cyclic esters (lactones) is 1. The van der Waals surface area contributed by atoms with Gasteiger partial charge in [-0.1, -0.05) is 23.4 Å². The van der Waals surface area contributed by atoms with Crippen molar-refractivity contribution in [2.24, 2.45) is 11.8 Å². The van der Waals surface area contributed by atoms with Crippen LogP contribution < -0.4 is 10.2 Å². The fraction of sp³-hybridized carbons (Fsp3) is 0.348. The SMILES string of the molecule is [C-]#[N+]C1(c2ccc(-c3ccc(N4C[C@H](Cn5ccnn5)OC4=O)cc3)cn2)[C@@H]2CNC[C@@H]21. The minimum atomic E-state index is -0.438. The van der Waals surface area contributed by atoms with E-state index in [4.69, 9.17) is 11.3 Å². The molecular weight excluding hydrogens is 406 g/mol. The summed E-state index contributed by atoms with van der Waals surface area (Å²) in [6.45, 7) is 10.5. The minimum absolute atomic E-state index is 0.271. The molecule has 1 saturated carbocycles. The van der Waals surface area contributed by atoms with Gasteiger partial charge < -0.3 is 14.9 Å². The third-order valence-corrected chi connectivity index (χ3v) is 6.84. The standard InChI is InChI=1S/C23H21N7O2/c1-24-23(19-11-25-12-20(19)23)21-7-4-16(10-26-21)15-2-5-17(6-3-15)30-14-18(32-22(30)31)13-29-9-8-27-28-29/h2-10,18-20,25H,11-14H2/t18-,19-,20+,23?/m0/s1. The molecule has 6 rings (SSSR count). The number of fused-ring (bicyclic) bond motifs is 1. The number of nitrogens with one attached hydrogen (secondary N) is 1. The number of anilines is 1. The van der Waals surface area contributed by atoms with Gasteiger partial charge in [-0.05, 0) is 23.8 Å². The number of amides is 1. The lowest BCUT2D eigenvalue weighted by Crippen LogP contribution is -2.26. The Morgan fingerprint density at radius 1 is 1.16 bits per heavy atom. The first-order chi connectivity index (χ1) is 15.7. The van der Waals surface area contributed by atoms with Gasteiger partial charge in [0.15, 0.2) is 0 Å². The molecule has 0 spiro atoms. The number of rotatable bonds is 5. The van der Waals surface area contributed by atoms with Crippen LogP contribution >= 0.6 is 0 Å². The molecule has 3 aromatic rings. The van der Waals surface area contributed by atoms with E-state index in [2.05, 4.69) is 25.5 Å². The zero-order chi connectivity index (χ0) is 21.7. The molecule has 2 saturated heterocycles. The molecule has 3 fully saturated rings. The van der Waals surface area contributed by atoms with Crippen LogP contribution in [0.15, 0.2) is 55.0 Å². The summed E-state index contributed by atoms with van der Waals surface area (Å²) in [6, 6.07) is 11.8. The summed E-state index contributed by atoms with van der Waals surface area (Å²) < 4.78 is 7.13. The quantitative estimate of drug-likeness (QED) is 0.629. The number of carbonyl (C=O) groups is 1. The molecule has 1 amide bonds. The Kier molecular flexibility index (Phi) is 4.23. The van der Waals surface area contributed by atoms with E-state index in [9.17, 15) is 4.79 Å². The predicted octanol–water partition coefficient (Wildman–Crippen LogP) is 2.33. The average Bonchev–Trinajstić information content (AvgIpc) is 3.35. The molecule has 2 aromatic heterocycles. The van der Waals surface area contributed by atoms with Crippen molar-refractivity contribution < 1.29 is 9.53 Å². The zero-order valence-electron chi connectivity index (χ0n) is 17.3. The number of nitrogens with zero attached hydrogens (tertiary/aromatic N) is 6. The third-order valence-electron chi connectivity index (χ3n) is 6.84. The number of benzene rings is 1. The van der Waals surface area contributed by atoms with E-state index in [-0.39, 0.29) is 12.2 Å². The van der Waals surface area contributed by atoms with Gasteiger partial charge in [0, 0.05) is 36.7 Å². The first-order valence-corrected chi connectivity index (χ1v) is 10.7. The highest BCUT2D eigenvalue weighted by atomic mass is 16.6. The van der Waals surface area contributed by atoms with Gasteiger partial charge in [-0.25, -0.2) is 16.0 Å². The van der Waals surface area contributed by atoms with Gasteiger partial charge in [0.25, 0.3) is 5.54 Å². The molecule has 4 heterocycles. The van der Waals surface area contributed by atoms with Crippen LogP contribution in [0.5, 0.6) is 0 Å². The molecule has 3 aliphatic rings. The molecular formula is C23H21N7O2. The summed E-state index contributed by atoms with van der Waals surface area (Å²) in [6.07, 6.45) is 4.56. The number of piperidine rings is 1. The van der Waals surface area contributed by atoms with E-state index >= 15 is 0 Å². The second-order valence-electron chi connectivity index (χ2n) is 8.53. The molecule has 0 bridgehead atoms. The summed E-state index contributed by atoms with van der Waals surface area (Å²) in [5, 5.41) is 11.1. The van der Waals surface area contributed by atoms with Crippen molar-refractivity contribution in [1.82, 2.24) is 25.3 Å². The van der Waals surface area contributed by atoms with Gasteiger partial charge in [-0.2, -0.15) is 0 Å². The molecule has 2 aliphatic heterocycles. The number of hydrogen-bond donors (Lipinski definition) is 1. The number of carbonyl (C=O) groups excluding carboxylic acids is 1. The Morgan fingerprint density at radius 2 is 1.94 bits per heavy atom. The summed E-state index contributed by atoms with van der Waals surface area (Å²) in [5.74, 6) is 0.762. The summed E-state index contributed by atoms with van der Waals surface area (Å²) in [4.78, 5) is 22.6. The Morgan fingerprint density at radius 3 is 2.59 bits per heavy atom. The first kappa shape index (κ1) is 19.0. The zero-order valence-corrected chi connectivity index (χ0v) is 17.3. The molecule has 1 unspecified atom stereocenters. The van der Waals surface area contributed by atoms with Crippen molar-refractivity contribution in [1.29, 1.82) is 0 Å². The van der Waals surface area contributed by atoms with Crippen molar-refractivity contribution in [3.05, 3.63) is 72.1 Å². The van der Waals surface area contributed by atoms with Crippen molar-refractivity contribution in [3.8, 4) is 11.1 Å². The second kappa shape index (κ2) is 7.14. The van der Waals surface area contributed by atoms with Crippen LogP contribution in [0.4, 0.5) is 10.5 Å². The smallest absolute Gasteiger partial charge is 0.414 e.